The standard InChI is InChI=1S/C14H19N3O5/c1-20-8-22-12-4-3-9(6-16-12)13(18)17-7-10(15)5-11(17)14(19)21-2/h3-4,6,10-11H,5,7-8,15H2,1-2H3/t10-,11-/m0/s1. The second kappa shape index (κ2) is 7.19. The zero-order valence-electron chi connectivity index (χ0n) is 12.5. The van der Waals surface area contributed by atoms with Gasteiger partial charge in [-0.2, -0.15) is 0 Å². The van der Waals surface area contributed by atoms with Crippen molar-refractivity contribution in [3.63, 3.8) is 0 Å². The molecule has 0 bridgehead atoms. The molecule has 0 aliphatic carbocycles. The van der Waals surface area contributed by atoms with E-state index in [1.54, 1.807) is 12.1 Å². The molecule has 2 atom stereocenters. The van der Waals surface area contributed by atoms with Crippen LogP contribution in [0.1, 0.15) is 16.8 Å². The van der Waals surface area contributed by atoms with E-state index in [9.17, 15) is 9.59 Å². The van der Waals surface area contributed by atoms with Crippen molar-refractivity contribution in [2.24, 2.45) is 5.73 Å². The molecule has 2 heterocycles. The predicted octanol–water partition coefficient (Wildman–Crippen LogP) is -0.221. The van der Waals surface area contributed by atoms with Gasteiger partial charge < -0.3 is 24.8 Å². The first-order chi connectivity index (χ1) is 10.6. The van der Waals surface area contributed by atoms with Crippen LogP contribution in [0, 0.1) is 0 Å². The Balaban J connectivity index is 2.11. The van der Waals surface area contributed by atoms with Crippen molar-refractivity contribution in [3.8, 4) is 5.88 Å². The average Bonchev–Trinajstić information content (AvgIpc) is 2.93. The van der Waals surface area contributed by atoms with Crippen LogP contribution in [-0.2, 0) is 14.3 Å². The van der Waals surface area contributed by atoms with Gasteiger partial charge in [-0.05, 0) is 12.5 Å². The molecule has 0 spiro atoms. The number of ether oxygens (including phenoxy) is 3. The zero-order valence-corrected chi connectivity index (χ0v) is 12.5. The summed E-state index contributed by atoms with van der Waals surface area (Å²) in [6.07, 6.45) is 1.78. The van der Waals surface area contributed by atoms with Crippen LogP contribution in [-0.4, -0.2) is 61.4 Å². The van der Waals surface area contributed by atoms with Crippen molar-refractivity contribution in [2.75, 3.05) is 27.6 Å². The molecule has 8 nitrogen and oxygen atoms in total. The van der Waals surface area contributed by atoms with Gasteiger partial charge in [0.15, 0.2) is 6.79 Å². The Morgan fingerprint density at radius 3 is 2.77 bits per heavy atom. The molecule has 0 radical (unpaired) electrons. The highest BCUT2D eigenvalue weighted by Crippen LogP contribution is 2.21. The summed E-state index contributed by atoms with van der Waals surface area (Å²) in [7, 11) is 2.79. The number of hydrogen-bond acceptors (Lipinski definition) is 7. The number of rotatable bonds is 5. The lowest BCUT2D eigenvalue weighted by Gasteiger charge is -2.22. The number of amides is 1. The van der Waals surface area contributed by atoms with Gasteiger partial charge in [-0.15, -0.1) is 0 Å². The Morgan fingerprint density at radius 1 is 1.41 bits per heavy atom. The number of methoxy groups -OCH3 is 2. The molecule has 1 amide bonds. The molecule has 0 aromatic carbocycles. The van der Waals surface area contributed by atoms with Crippen molar-refractivity contribution in [3.05, 3.63) is 23.9 Å². The highest BCUT2D eigenvalue weighted by atomic mass is 16.7. The van der Waals surface area contributed by atoms with Gasteiger partial charge in [-0.1, -0.05) is 0 Å². The topological polar surface area (TPSA) is 104 Å². The predicted molar refractivity (Wildman–Crippen MR) is 76.2 cm³/mol. The van der Waals surface area contributed by atoms with E-state index in [1.807, 2.05) is 0 Å². The summed E-state index contributed by atoms with van der Waals surface area (Å²) in [4.78, 5) is 29.7. The van der Waals surface area contributed by atoms with Crippen LogP contribution >= 0.6 is 0 Å². The number of carbonyl (C=O) groups excluding carboxylic acids is 2. The largest absolute Gasteiger partial charge is 0.467 e. The third-order valence-electron chi connectivity index (χ3n) is 3.38. The average molecular weight is 309 g/mol. The van der Waals surface area contributed by atoms with Crippen LogP contribution in [0.5, 0.6) is 5.88 Å². The molecule has 22 heavy (non-hydrogen) atoms. The van der Waals surface area contributed by atoms with Gasteiger partial charge in [-0.3, -0.25) is 4.79 Å². The first-order valence-electron chi connectivity index (χ1n) is 6.79. The van der Waals surface area contributed by atoms with Crippen LogP contribution in [0.15, 0.2) is 18.3 Å². The highest BCUT2D eigenvalue weighted by Gasteiger charge is 2.39. The van der Waals surface area contributed by atoms with Gasteiger partial charge in [-0.25, -0.2) is 9.78 Å². The molecule has 2 N–H and O–H groups in total. The quantitative estimate of drug-likeness (QED) is 0.592. The van der Waals surface area contributed by atoms with E-state index < -0.39 is 12.0 Å². The maximum absolute atomic E-state index is 12.5. The second-order valence-electron chi connectivity index (χ2n) is 4.93. The molecular formula is C14H19N3O5. The van der Waals surface area contributed by atoms with Gasteiger partial charge in [0.1, 0.15) is 6.04 Å². The molecule has 1 aliphatic rings. The van der Waals surface area contributed by atoms with Gasteiger partial charge in [0.2, 0.25) is 5.88 Å². The number of hydrogen-bond donors (Lipinski definition) is 1. The van der Waals surface area contributed by atoms with Crippen molar-refractivity contribution in [1.82, 2.24) is 9.88 Å². The summed E-state index contributed by atoms with van der Waals surface area (Å²) in [6.45, 7) is 0.381. The number of carbonyl (C=O) groups is 2. The molecule has 1 aliphatic heterocycles. The monoisotopic (exact) mass is 309 g/mol. The van der Waals surface area contributed by atoms with E-state index in [2.05, 4.69) is 4.98 Å². The number of likely N-dealkylation sites (tertiary alicyclic amines) is 1. The molecule has 8 heteroatoms. The Morgan fingerprint density at radius 2 is 2.18 bits per heavy atom. The van der Waals surface area contributed by atoms with Gasteiger partial charge in [0, 0.05) is 32.0 Å². The Hall–Kier alpha value is -2.19. The fraction of sp³-hybridized carbons (Fsp3) is 0.500. The van der Waals surface area contributed by atoms with Crippen LogP contribution in [0.25, 0.3) is 0 Å². The Kier molecular flexibility index (Phi) is 5.29. The summed E-state index contributed by atoms with van der Waals surface area (Å²) >= 11 is 0. The third kappa shape index (κ3) is 3.52. The van der Waals surface area contributed by atoms with Gasteiger partial charge >= 0.3 is 5.97 Å². The number of pyridine rings is 1. The Labute approximate surface area is 128 Å². The smallest absolute Gasteiger partial charge is 0.328 e. The second-order valence-corrected chi connectivity index (χ2v) is 4.93. The SMILES string of the molecule is COCOc1ccc(C(=O)N2C[C@@H](N)C[C@H]2C(=O)OC)cn1. The first kappa shape index (κ1) is 16.2. The number of esters is 1. The molecule has 0 unspecified atom stereocenters. The fourth-order valence-corrected chi connectivity index (χ4v) is 2.33. The minimum absolute atomic E-state index is 0.0751. The summed E-state index contributed by atoms with van der Waals surface area (Å²) in [5, 5.41) is 0. The van der Waals surface area contributed by atoms with Crippen LogP contribution in [0.3, 0.4) is 0 Å². The fourth-order valence-electron chi connectivity index (χ4n) is 2.33. The van der Waals surface area contributed by atoms with Crippen molar-refractivity contribution in [2.45, 2.75) is 18.5 Å². The third-order valence-corrected chi connectivity index (χ3v) is 3.38. The molecule has 1 fully saturated rings. The normalized spacial score (nSPS) is 20.8. The van der Waals surface area contributed by atoms with E-state index in [4.69, 9.17) is 19.9 Å². The van der Waals surface area contributed by atoms with Crippen LogP contribution in [0.2, 0.25) is 0 Å². The Bertz CT molecular complexity index is 534. The molecule has 1 aromatic heterocycles. The molecule has 1 saturated heterocycles. The van der Waals surface area contributed by atoms with E-state index >= 15 is 0 Å². The van der Waals surface area contributed by atoms with Gasteiger partial charge in [0.25, 0.3) is 5.91 Å². The maximum atomic E-state index is 12.5. The molecule has 1 aromatic rings. The minimum atomic E-state index is -0.656. The zero-order chi connectivity index (χ0) is 16.1. The molecular weight excluding hydrogens is 290 g/mol. The van der Waals surface area contributed by atoms with Crippen LogP contribution < -0.4 is 10.5 Å². The molecule has 0 saturated carbocycles. The first-order valence-corrected chi connectivity index (χ1v) is 6.79. The lowest BCUT2D eigenvalue weighted by molar-refractivity contribution is -0.145. The van der Waals surface area contributed by atoms with Gasteiger partial charge in [0.05, 0.1) is 12.7 Å². The molecule has 2 rings (SSSR count). The summed E-state index contributed by atoms with van der Waals surface area (Å²) in [5.41, 5.74) is 6.21. The summed E-state index contributed by atoms with van der Waals surface area (Å²) in [6, 6.07) is 2.25. The van der Waals surface area contributed by atoms with E-state index in [0.717, 1.165) is 0 Å². The molecule has 120 valence electrons. The van der Waals surface area contributed by atoms with Crippen molar-refractivity contribution < 1.29 is 23.8 Å². The summed E-state index contributed by atoms with van der Waals surface area (Å²) < 4.78 is 14.6. The minimum Gasteiger partial charge on any atom is -0.467 e. The van der Waals surface area contributed by atoms with E-state index in [1.165, 1.54) is 25.3 Å². The van der Waals surface area contributed by atoms with Crippen molar-refractivity contribution >= 4 is 11.9 Å². The number of aromatic nitrogens is 1. The highest BCUT2D eigenvalue weighted by molar-refractivity contribution is 5.97. The summed E-state index contributed by atoms with van der Waals surface area (Å²) in [5.74, 6) is -0.426. The lowest BCUT2D eigenvalue weighted by Crippen LogP contribution is -2.41. The maximum Gasteiger partial charge on any atom is 0.328 e. The number of nitrogens with zero attached hydrogens (tertiary/aromatic N) is 2. The van der Waals surface area contributed by atoms with Crippen molar-refractivity contribution in [1.29, 1.82) is 0 Å². The van der Waals surface area contributed by atoms with Crippen LogP contribution in [0.4, 0.5) is 0 Å². The van der Waals surface area contributed by atoms with E-state index in [0.29, 0.717) is 24.4 Å². The number of nitrogens with two attached hydrogens (primary N) is 1. The van der Waals surface area contributed by atoms with E-state index in [-0.39, 0.29) is 18.7 Å². The lowest BCUT2D eigenvalue weighted by atomic mass is 10.2.